The zero-order chi connectivity index (χ0) is 51.0. The van der Waals surface area contributed by atoms with Gasteiger partial charge < -0.3 is 9.30 Å². The van der Waals surface area contributed by atoms with Gasteiger partial charge in [0.15, 0.2) is 0 Å². The quantitative estimate of drug-likeness (QED) is 0.112. The van der Waals surface area contributed by atoms with Gasteiger partial charge >= 0.3 is 27.1 Å². The molecule has 0 saturated heterocycles. The molecule has 0 spiro atoms. The molecule has 0 aliphatic carbocycles. The molecule has 74 heavy (non-hydrogen) atoms. The molecule has 8 aromatic carbocycles. The zero-order valence-corrected chi connectivity index (χ0v) is 45.3. The number of hydrogen-bond acceptors (Lipinski definition) is 2. The smallest absolute Gasteiger partial charge is 0.509 e. The summed E-state index contributed by atoms with van der Waals surface area (Å²) in [6.45, 7) is 20.1. The molecule has 1 aliphatic rings. The molecule has 0 bridgehead atoms. The first kappa shape index (κ1) is 50.0. The number of para-hydroxylation sites is 4. The van der Waals surface area contributed by atoms with E-state index in [-0.39, 0.29) is 37.3 Å². The van der Waals surface area contributed by atoms with Crippen molar-refractivity contribution in [1.82, 2.24) is 18.7 Å². The van der Waals surface area contributed by atoms with Gasteiger partial charge in [0.1, 0.15) is 23.1 Å². The molecule has 368 valence electrons. The molecule has 0 radical (unpaired) electrons. The van der Waals surface area contributed by atoms with Gasteiger partial charge in [0, 0.05) is 41.4 Å². The van der Waals surface area contributed by atoms with Gasteiger partial charge in [-0.2, -0.15) is 6.07 Å². The average molecular weight is 1150 g/mol. The molecule has 3 heterocycles. The van der Waals surface area contributed by atoms with Crippen molar-refractivity contribution in [2.75, 3.05) is 0 Å². The maximum absolute atomic E-state index is 15.1. The van der Waals surface area contributed by atoms with E-state index < -0.39 is 11.6 Å². The monoisotopic (exact) mass is 1150 g/mol. The standard InChI is InChI=1S/C66H56F2N4O.Pt/c1-64(2,3)46-28-29-69-62(37-46)72-58-23-14-13-20-56(58)57-27-26-52(40-61(57)72)73-53-35-44(43-30-47(65(4,5)6)36-48(31-43)66(7,8)9)34-51(39-53)70-41-71(60-25-16-15-24-59(60)70)63-54(42-18-11-10-12-19-42)21-17-22-55(63)45-32-49(67)38-50(68)33-45;/h10-38H,1-9H3;/q;+2. The molecule has 0 atom stereocenters. The topological polar surface area (TPSA) is 33.1 Å². The van der Waals surface area contributed by atoms with E-state index in [0.29, 0.717) is 28.3 Å². The van der Waals surface area contributed by atoms with Crippen LogP contribution in [-0.2, 0) is 37.3 Å². The summed E-state index contributed by atoms with van der Waals surface area (Å²) in [7, 11) is 0. The second kappa shape index (κ2) is 19.0. The Bertz CT molecular complexity index is 3850. The minimum atomic E-state index is -0.657. The van der Waals surface area contributed by atoms with Gasteiger partial charge in [0.2, 0.25) is 5.69 Å². The van der Waals surface area contributed by atoms with Gasteiger partial charge in [0.25, 0.3) is 11.4 Å². The van der Waals surface area contributed by atoms with Crippen LogP contribution in [0.25, 0.3) is 61.0 Å². The van der Waals surface area contributed by atoms with Crippen molar-refractivity contribution in [2.24, 2.45) is 0 Å². The second-order valence-corrected chi connectivity index (χ2v) is 22.1. The van der Waals surface area contributed by atoms with Crippen LogP contribution in [-0.4, -0.2) is 15.6 Å². The Hall–Kier alpha value is -7.56. The summed E-state index contributed by atoms with van der Waals surface area (Å²) in [6.07, 6.45) is 1.88. The first-order valence-corrected chi connectivity index (χ1v) is 24.8. The van der Waals surface area contributed by atoms with Crippen molar-refractivity contribution in [3.8, 4) is 50.7 Å². The van der Waals surface area contributed by atoms with Crippen LogP contribution >= 0.6 is 0 Å². The number of ether oxygens (including phenoxy) is 1. The van der Waals surface area contributed by atoms with Crippen molar-refractivity contribution < 1.29 is 34.6 Å². The number of benzene rings is 8. The van der Waals surface area contributed by atoms with Crippen molar-refractivity contribution in [1.29, 1.82) is 0 Å². The van der Waals surface area contributed by atoms with E-state index in [1.807, 2.05) is 88.1 Å². The van der Waals surface area contributed by atoms with Gasteiger partial charge in [-0.1, -0.05) is 169 Å². The molecule has 0 fully saturated rings. The summed E-state index contributed by atoms with van der Waals surface area (Å²) in [5.74, 6) is 0.489. The molecular weight excluding hydrogens is 1100 g/mol. The largest absolute Gasteiger partial charge is 2.00 e. The maximum Gasteiger partial charge on any atom is 2.00 e. The minimum absolute atomic E-state index is 0. The Kier molecular flexibility index (Phi) is 12.9. The van der Waals surface area contributed by atoms with Crippen LogP contribution in [0.3, 0.4) is 0 Å². The molecule has 2 aromatic heterocycles. The Morgan fingerprint density at radius 2 is 1.11 bits per heavy atom. The summed E-state index contributed by atoms with van der Waals surface area (Å²) in [5, 5.41) is 2.13. The van der Waals surface area contributed by atoms with Gasteiger partial charge in [-0.15, -0.1) is 29.1 Å². The molecule has 0 unspecified atom stereocenters. The van der Waals surface area contributed by atoms with Gasteiger partial charge in [0.05, 0.1) is 11.1 Å². The van der Waals surface area contributed by atoms with Gasteiger partial charge in [-0.25, -0.2) is 13.8 Å². The Balaban J connectivity index is 0.00000626. The van der Waals surface area contributed by atoms with Crippen LogP contribution in [0.1, 0.15) is 79.0 Å². The van der Waals surface area contributed by atoms with E-state index in [4.69, 9.17) is 9.72 Å². The normalized spacial score (nSPS) is 12.6. The maximum atomic E-state index is 15.1. The van der Waals surface area contributed by atoms with E-state index in [9.17, 15) is 0 Å². The van der Waals surface area contributed by atoms with Crippen LogP contribution in [0.15, 0.2) is 176 Å². The number of pyridine rings is 1. The first-order valence-electron chi connectivity index (χ1n) is 24.8. The fraction of sp³-hybridized carbons (Fsp3) is 0.182. The van der Waals surface area contributed by atoms with Crippen molar-refractivity contribution in [3.63, 3.8) is 0 Å². The van der Waals surface area contributed by atoms with Gasteiger partial charge in [-0.05, 0) is 102 Å². The van der Waals surface area contributed by atoms with Crippen LogP contribution < -0.4 is 13.9 Å². The van der Waals surface area contributed by atoms with Gasteiger partial charge in [-0.3, -0.25) is 0 Å². The number of aromatic nitrogens is 2. The van der Waals surface area contributed by atoms with E-state index >= 15 is 8.78 Å². The van der Waals surface area contributed by atoms with Crippen LogP contribution in [0.2, 0.25) is 0 Å². The predicted molar refractivity (Wildman–Crippen MR) is 296 cm³/mol. The summed E-state index contributed by atoms with van der Waals surface area (Å²) < 4.78 is 43.4. The third-order valence-electron chi connectivity index (χ3n) is 13.8. The van der Waals surface area contributed by atoms with Crippen molar-refractivity contribution in [3.05, 3.63) is 217 Å². The molecule has 10 aromatic rings. The minimum Gasteiger partial charge on any atom is -0.509 e. The Morgan fingerprint density at radius 3 is 1.78 bits per heavy atom. The molecule has 0 amide bonds. The first-order chi connectivity index (χ1) is 34.9. The zero-order valence-electron chi connectivity index (χ0n) is 43.0. The van der Waals surface area contributed by atoms with E-state index in [1.165, 1.54) is 28.8 Å². The number of fused-ring (bicyclic) bond motifs is 4. The van der Waals surface area contributed by atoms with Crippen molar-refractivity contribution in [2.45, 2.75) is 78.6 Å². The summed E-state index contributed by atoms with van der Waals surface area (Å²) in [5.41, 5.74) is 13.0. The average Bonchev–Trinajstić information content (AvgIpc) is 3.91. The van der Waals surface area contributed by atoms with E-state index in [1.54, 1.807) is 0 Å². The number of nitrogens with zero attached hydrogens (tertiary/aromatic N) is 4. The number of rotatable bonds is 8. The van der Waals surface area contributed by atoms with Crippen LogP contribution in [0.5, 0.6) is 11.5 Å². The van der Waals surface area contributed by atoms with Crippen LogP contribution in [0.4, 0.5) is 31.5 Å². The third kappa shape index (κ3) is 9.47. The molecule has 1 aliphatic heterocycles. The summed E-state index contributed by atoms with van der Waals surface area (Å²) >= 11 is 0. The van der Waals surface area contributed by atoms with Crippen molar-refractivity contribution >= 4 is 50.6 Å². The number of hydrogen-bond donors (Lipinski definition) is 0. The Morgan fingerprint density at radius 1 is 0.500 bits per heavy atom. The molecule has 0 saturated carbocycles. The fourth-order valence-corrected chi connectivity index (χ4v) is 9.81. The SMILES string of the molecule is CC(C)(C)c1cc(-c2cc(Oc3[c-]c4c(cc3)c3ccccc3n4-c3cc(C(C)(C)C)ccn3)[c-]c([N+]3=C=[N+](c4c(-c5ccccc5)cccc4-c4cc(F)cc(F)c4)c4ccccc43)c2)cc(C(C)(C)C)c1.[Pt+2]. The molecule has 11 rings (SSSR count). The fourth-order valence-electron chi connectivity index (χ4n) is 9.81. The summed E-state index contributed by atoms with van der Waals surface area (Å²) in [6, 6.07) is 66.5. The third-order valence-corrected chi connectivity index (χ3v) is 13.8. The second-order valence-electron chi connectivity index (χ2n) is 22.1. The molecule has 5 nitrogen and oxygen atoms in total. The Labute approximate surface area is 447 Å². The molecule has 0 N–H and O–H groups in total. The summed E-state index contributed by atoms with van der Waals surface area (Å²) in [4.78, 5) is 4.90. The van der Waals surface area contributed by atoms with Crippen LogP contribution in [0, 0.1) is 23.8 Å². The van der Waals surface area contributed by atoms with E-state index in [2.05, 4.69) is 164 Å². The predicted octanol–water partition coefficient (Wildman–Crippen LogP) is 17.6. The molecular formula is C66H56F2N4OPt+2. The van der Waals surface area contributed by atoms with E-state index in [0.717, 1.165) is 73.0 Å². The number of halogens is 2. The molecule has 8 heteroatoms.